The van der Waals surface area contributed by atoms with Crippen LogP contribution in [0.15, 0.2) is 30.3 Å². The minimum atomic E-state index is 0.227. The number of aromatic amines is 1. The molecule has 19 heavy (non-hydrogen) atoms. The third kappa shape index (κ3) is 2.17. The number of nitrogen functional groups attached to an aromatic ring is 1. The summed E-state index contributed by atoms with van der Waals surface area (Å²) in [7, 11) is 0. The van der Waals surface area contributed by atoms with Crippen LogP contribution in [0.25, 0.3) is 22.3 Å². The number of fused-ring (bicyclic) bond motifs is 1. The molecule has 0 fully saturated rings. The van der Waals surface area contributed by atoms with Gasteiger partial charge in [0.1, 0.15) is 5.82 Å². The smallest absolute Gasteiger partial charge is 0.224 e. The molecule has 94 valence electrons. The van der Waals surface area contributed by atoms with Gasteiger partial charge in [-0.25, -0.2) is 4.98 Å². The van der Waals surface area contributed by atoms with Crippen molar-refractivity contribution in [1.29, 1.82) is 0 Å². The topological polar surface area (TPSA) is 80.5 Å². The van der Waals surface area contributed by atoms with Crippen LogP contribution in [0.3, 0.4) is 0 Å². The van der Waals surface area contributed by atoms with Gasteiger partial charge in [0.25, 0.3) is 0 Å². The molecule has 0 atom stereocenters. The fraction of sp³-hybridized carbons (Fsp3) is 0.0769. The first-order valence-corrected chi connectivity index (χ1v) is 6.15. The zero-order chi connectivity index (χ0) is 13.4. The lowest BCUT2D eigenvalue weighted by molar-refractivity contribution is 1.05. The Bertz CT molecular complexity index is 825. The number of pyridine rings is 1. The molecule has 0 saturated heterocycles. The lowest BCUT2D eigenvalue weighted by Crippen LogP contribution is -2.00. The SMILES string of the molecule is Cc1cc(-c2nc(=S)nc(N)[nH]2)c2ccccc2n1. The average Bonchev–Trinajstić information content (AvgIpc) is 2.36. The van der Waals surface area contributed by atoms with Crippen LogP contribution in [-0.4, -0.2) is 19.9 Å². The molecule has 0 amide bonds. The van der Waals surface area contributed by atoms with Gasteiger partial charge in [0.05, 0.1) is 5.52 Å². The van der Waals surface area contributed by atoms with Gasteiger partial charge >= 0.3 is 0 Å². The second kappa shape index (κ2) is 4.40. The Morgan fingerprint density at radius 3 is 2.74 bits per heavy atom. The van der Waals surface area contributed by atoms with Gasteiger partial charge in [-0.3, -0.25) is 4.98 Å². The second-order valence-corrected chi connectivity index (χ2v) is 4.56. The Morgan fingerprint density at radius 1 is 1.16 bits per heavy atom. The lowest BCUT2D eigenvalue weighted by Gasteiger charge is -2.07. The fourth-order valence-electron chi connectivity index (χ4n) is 2.03. The van der Waals surface area contributed by atoms with E-state index in [1.807, 2.05) is 37.3 Å². The van der Waals surface area contributed by atoms with Crippen molar-refractivity contribution in [2.45, 2.75) is 6.92 Å². The van der Waals surface area contributed by atoms with Gasteiger partial charge in [0, 0.05) is 16.6 Å². The largest absolute Gasteiger partial charge is 0.369 e. The van der Waals surface area contributed by atoms with Crippen molar-refractivity contribution in [3.63, 3.8) is 0 Å². The molecule has 6 heteroatoms. The highest BCUT2D eigenvalue weighted by molar-refractivity contribution is 7.71. The fourth-order valence-corrected chi connectivity index (χ4v) is 2.22. The van der Waals surface area contributed by atoms with E-state index in [9.17, 15) is 0 Å². The van der Waals surface area contributed by atoms with Gasteiger partial charge in [-0.1, -0.05) is 18.2 Å². The maximum absolute atomic E-state index is 5.69. The molecule has 0 unspecified atom stereocenters. The summed E-state index contributed by atoms with van der Waals surface area (Å²) in [6.45, 7) is 1.94. The minimum absolute atomic E-state index is 0.227. The van der Waals surface area contributed by atoms with Crippen molar-refractivity contribution < 1.29 is 0 Å². The summed E-state index contributed by atoms with van der Waals surface area (Å²) < 4.78 is 0.227. The molecule has 2 heterocycles. The number of nitrogens with one attached hydrogen (secondary N) is 1. The number of nitrogens with two attached hydrogens (primary N) is 1. The van der Waals surface area contributed by atoms with Crippen LogP contribution in [0.5, 0.6) is 0 Å². The third-order valence-corrected chi connectivity index (χ3v) is 2.95. The van der Waals surface area contributed by atoms with E-state index in [0.29, 0.717) is 5.82 Å². The summed E-state index contributed by atoms with van der Waals surface area (Å²) in [6, 6.07) is 9.82. The van der Waals surface area contributed by atoms with E-state index in [2.05, 4.69) is 19.9 Å². The number of H-pyrrole nitrogens is 1. The summed E-state index contributed by atoms with van der Waals surface area (Å²) in [4.78, 5) is 15.5. The highest BCUT2D eigenvalue weighted by Crippen LogP contribution is 2.25. The van der Waals surface area contributed by atoms with E-state index in [-0.39, 0.29) is 10.7 Å². The summed E-state index contributed by atoms with van der Waals surface area (Å²) in [5, 5.41) is 0.997. The minimum Gasteiger partial charge on any atom is -0.369 e. The molecule has 5 nitrogen and oxygen atoms in total. The number of rotatable bonds is 1. The van der Waals surface area contributed by atoms with Crippen molar-refractivity contribution in [2.75, 3.05) is 5.73 Å². The van der Waals surface area contributed by atoms with E-state index >= 15 is 0 Å². The van der Waals surface area contributed by atoms with E-state index in [0.717, 1.165) is 22.2 Å². The van der Waals surface area contributed by atoms with E-state index in [1.165, 1.54) is 0 Å². The maximum atomic E-state index is 5.69. The van der Waals surface area contributed by atoms with Crippen molar-refractivity contribution in [3.8, 4) is 11.4 Å². The number of para-hydroxylation sites is 1. The number of benzene rings is 1. The quantitative estimate of drug-likeness (QED) is 0.664. The molecule has 0 spiro atoms. The Hall–Kier alpha value is -2.34. The highest BCUT2D eigenvalue weighted by Gasteiger charge is 2.08. The van der Waals surface area contributed by atoms with Gasteiger partial charge in [-0.15, -0.1) is 0 Å². The molecule has 3 rings (SSSR count). The molecular formula is C13H11N5S. The predicted molar refractivity (Wildman–Crippen MR) is 77.1 cm³/mol. The van der Waals surface area contributed by atoms with E-state index < -0.39 is 0 Å². The summed E-state index contributed by atoms with van der Waals surface area (Å²) in [5.41, 5.74) is 8.43. The number of nitrogens with zero attached hydrogens (tertiary/aromatic N) is 3. The second-order valence-electron chi connectivity index (χ2n) is 4.19. The number of aryl methyl sites for hydroxylation is 1. The Balaban J connectivity index is 2.38. The van der Waals surface area contributed by atoms with Crippen LogP contribution in [0.2, 0.25) is 0 Å². The molecule has 3 N–H and O–H groups in total. The van der Waals surface area contributed by atoms with Crippen LogP contribution >= 0.6 is 12.2 Å². The van der Waals surface area contributed by atoms with Crippen LogP contribution in [-0.2, 0) is 0 Å². The zero-order valence-corrected chi connectivity index (χ0v) is 11.0. The predicted octanol–water partition coefficient (Wildman–Crippen LogP) is 2.64. The zero-order valence-electron chi connectivity index (χ0n) is 10.2. The Morgan fingerprint density at radius 2 is 1.95 bits per heavy atom. The average molecular weight is 269 g/mol. The molecule has 0 aliphatic rings. The number of hydrogen-bond acceptors (Lipinski definition) is 5. The normalized spacial score (nSPS) is 10.8. The monoisotopic (exact) mass is 269 g/mol. The molecule has 0 saturated carbocycles. The highest BCUT2D eigenvalue weighted by atomic mass is 32.1. The van der Waals surface area contributed by atoms with Crippen molar-refractivity contribution in [3.05, 3.63) is 40.8 Å². The summed E-state index contributed by atoms with van der Waals surface area (Å²) in [6.07, 6.45) is 0. The molecule has 0 radical (unpaired) electrons. The molecule has 0 aliphatic heterocycles. The Labute approximate surface area is 114 Å². The maximum Gasteiger partial charge on any atom is 0.224 e. The van der Waals surface area contributed by atoms with Gasteiger partial charge < -0.3 is 10.7 Å². The van der Waals surface area contributed by atoms with Gasteiger partial charge in [-0.05, 0) is 31.3 Å². The first-order valence-electron chi connectivity index (χ1n) is 5.74. The van der Waals surface area contributed by atoms with Gasteiger partial charge in [0.15, 0.2) is 0 Å². The summed E-state index contributed by atoms with van der Waals surface area (Å²) >= 11 is 5.00. The van der Waals surface area contributed by atoms with E-state index in [4.69, 9.17) is 18.0 Å². The molecule has 1 aromatic carbocycles. The third-order valence-electron chi connectivity index (χ3n) is 2.77. The van der Waals surface area contributed by atoms with Crippen molar-refractivity contribution in [1.82, 2.24) is 19.9 Å². The molecule has 0 aliphatic carbocycles. The molecule has 3 aromatic rings. The lowest BCUT2D eigenvalue weighted by atomic mass is 10.1. The van der Waals surface area contributed by atoms with Crippen molar-refractivity contribution in [2.24, 2.45) is 0 Å². The number of aromatic nitrogens is 4. The number of hydrogen-bond donors (Lipinski definition) is 2. The Kier molecular flexibility index (Phi) is 2.72. The molecular weight excluding hydrogens is 258 g/mol. The van der Waals surface area contributed by atoms with Crippen LogP contribution in [0, 0.1) is 11.7 Å². The van der Waals surface area contributed by atoms with Gasteiger partial charge in [-0.2, -0.15) is 4.98 Å². The van der Waals surface area contributed by atoms with Crippen molar-refractivity contribution >= 4 is 29.1 Å². The standard InChI is InChI=1S/C13H11N5S/c1-7-6-9(8-4-2-3-5-10(8)15-7)11-16-12(14)18-13(19)17-11/h2-6H,1H3,(H3,14,16,17,18,19). The molecule has 0 bridgehead atoms. The number of anilines is 1. The first-order chi connectivity index (χ1) is 9.13. The van der Waals surface area contributed by atoms with Crippen LogP contribution < -0.4 is 5.73 Å². The van der Waals surface area contributed by atoms with Crippen LogP contribution in [0.1, 0.15) is 5.69 Å². The van der Waals surface area contributed by atoms with Gasteiger partial charge in [0.2, 0.25) is 10.7 Å². The molecule has 2 aromatic heterocycles. The van der Waals surface area contributed by atoms with E-state index in [1.54, 1.807) is 0 Å². The summed E-state index contributed by atoms with van der Waals surface area (Å²) in [5.74, 6) is 0.868. The first kappa shape index (κ1) is 11.7. The van der Waals surface area contributed by atoms with Crippen LogP contribution in [0.4, 0.5) is 5.95 Å².